The van der Waals surface area contributed by atoms with Crippen molar-refractivity contribution in [3.63, 3.8) is 0 Å². The highest BCUT2D eigenvalue weighted by atomic mass is 35.5. The Kier molecular flexibility index (Phi) is 6.07. The largest absolute Gasteiger partial charge is 0.457 e. The Morgan fingerprint density at radius 2 is 1.78 bits per heavy atom. The maximum absolute atomic E-state index is 13.0. The zero-order valence-electron chi connectivity index (χ0n) is 19.7. The van der Waals surface area contributed by atoms with Gasteiger partial charge in [0.05, 0.1) is 10.9 Å². The van der Waals surface area contributed by atoms with Gasteiger partial charge in [0, 0.05) is 37.3 Å². The molecular weight excluding hydrogens is 474 g/mol. The van der Waals surface area contributed by atoms with Crippen LogP contribution in [0.2, 0.25) is 0 Å². The molecule has 0 radical (unpaired) electrons. The van der Waals surface area contributed by atoms with Gasteiger partial charge < -0.3 is 20.3 Å². The van der Waals surface area contributed by atoms with Gasteiger partial charge in [-0.05, 0) is 47.9 Å². The van der Waals surface area contributed by atoms with Gasteiger partial charge in [0.15, 0.2) is 0 Å². The second kappa shape index (κ2) is 9.66. The number of hydrogen-bond acceptors (Lipinski definition) is 6. The van der Waals surface area contributed by atoms with Crippen LogP contribution in [0, 0.1) is 5.92 Å². The molecule has 0 spiro atoms. The Balaban J connectivity index is 1.08. The fourth-order valence-corrected chi connectivity index (χ4v) is 5.24. The van der Waals surface area contributed by atoms with E-state index in [-0.39, 0.29) is 17.2 Å². The van der Waals surface area contributed by atoms with Gasteiger partial charge in [-0.25, -0.2) is 9.97 Å². The molecule has 2 N–H and O–H groups in total. The van der Waals surface area contributed by atoms with Crippen molar-refractivity contribution >= 4 is 45.6 Å². The Labute approximate surface area is 214 Å². The quantitative estimate of drug-likeness (QED) is 0.329. The fraction of sp³-hybridized carbons (Fsp3) is 0.250. The first-order valence-corrected chi connectivity index (χ1v) is 12.6. The molecule has 1 unspecified atom stereocenters. The number of halogens is 1. The Hall–Kier alpha value is -3.84. The van der Waals surface area contributed by atoms with Crippen molar-refractivity contribution in [3.8, 4) is 11.5 Å². The van der Waals surface area contributed by atoms with Crippen LogP contribution in [0.5, 0.6) is 11.5 Å². The molecule has 182 valence electrons. The number of benzene rings is 3. The molecule has 0 bridgehead atoms. The highest BCUT2D eigenvalue weighted by Crippen LogP contribution is 2.39. The molecule has 36 heavy (non-hydrogen) atoms. The van der Waals surface area contributed by atoms with Crippen molar-refractivity contribution in [2.45, 2.75) is 18.2 Å². The first kappa shape index (κ1) is 22.6. The normalized spacial score (nSPS) is 17.5. The maximum Gasteiger partial charge on any atom is 0.227 e. The molecule has 1 saturated heterocycles. The van der Waals surface area contributed by atoms with E-state index in [0.717, 1.165) is 60.0 Å². The minimum Gasteiger partial charge on any atom is -0.457 e. The summed E-state index contributed by atoms with van der Waals surface area (Å²) in [6.45, 7) is 2.15. The molecule has 1 aromatic heterocycles. The topological polar surface area (TPSA) is 79.4 Å². The van der Waals surface area contributed by atoms with Crippen LogP contribution >= 0.6 is 11.6 Å². The van der Waals surface area contributed by atoms with Gasteiger partial charge in [-0.2, -0.15) is 0 Å². The lowest BCUT2D eigenvalue weighted by Crippen LogP contribution is -2.39. The van der Waals surface area contributed by atoms with E-state index in [4.69, 9.17) is 16.3 Å². The molecule has 4 aromatic rings. The number of nitrogens with zero attached hydrogens (tertiary/aromatic N) is 3. The lowest BCUT2D eigenvalue weighted by atomic mass is 9.95. The minimum atomic E-state index is -0.138. The van der Waals surface area contributed by atoms with E-state index in [1.54, 1.807) is 6.33 Å². The molecule has 3 heterocycles. The standard InChI is InChI=1S/C28H26ClN5O2/c29-24-16-30-26-25(24)27(32-17-31-26)34-12-10-19(11-13-34)28(35)33-21-6-3-7-22(15-21)36-23-9-8-18-4-1-2-5-20(18)14-23/h1-9,14-15,17,19,24H,10-13,16H2,(H,33,35)(H,30,31,32). The van der Waals surface area contributed by atoms with E-state index in [1.807, 2.05) is 54.6 Å². The molecule has 2 aliphatic rings. The molecule has 0 aliphatic carbocycles. The smallest absolute Gasteiger partial charge is 0.227 e. The van der Waals surface area contributed by atoms with Gasteiger partial charge in [-0.15, -0.1) is 11.6 Å². The highest BCUT2D eigenvalue weighted by molar-refractivity contribution is 6.22. The number of carbonyl (C=O) groups is 1. The number of fused-ring (bicyclic) bond motifs is 2. The minimum absolute atomic E-state index is 0.0299. The summed E-state index contributed by atoms with van der Waals surface area (Å²) in [4.78, 5) is 24.0. The van der Waals surface area contributed by atoms with Crippen LogP contribution in [0.3, 0.4) is 0 Å². The predicted molar refractivity (Wildman–Crippen MR) is 143 cm³/mol. The lowest BCUT2D eigenvalue weighted by molar-refractivity contribution is -0.120. The Morgan fingerprint density at radius 1 is 0.972 bits per heavy atom. The van der Waals surface area contributed by atoms with Crippen LogP contribution < -0.4 is 20.3 Å². The van der Waals surface area contributed by atoms with Gasteiger partial charge in [-0.1, -0.05) is 36.4 Å². The summed E-state index contributed by atoms with van der Waals surface area (Å²) in [7, 11) is 0. The zero-order valence-corrected chi connectivity index (χ0v) is 20.4. The fourth-order valence-electron chi connectivity index (χ4n) is 4.96. The third kappa shape index (κ3) is 4.54. The number of amides is 1. The molecule has 8 heteroatoms. The SMILES string of the molecule is O=C(Nc1cccc(Oc2ccc3ccccc3c2)c1)C1CCN(c2ncnc3c2C(Cl)CN3)CC1. The van der Waals surface area contributed by atoms with E-state index in [0.29, 0.717) is 12.3 Å². The van der Waals surface area contributed by atoms with Crippen molar-refractivity contribution in [2.75, 3.05) is 35.2 Å². The van der Waals surface area contributed by atoms with Crippen molar-refractivity contribution in [1.29, 1.82) is 0 Å². The number of anilines is 3. The summed E-state index contributed by atoms with van der Waals surface area (Å²) in [5, 5.41) is 8.45. The molecule has 3 aromatic carbocycles. The molecule has 2 aliphatic heterocycles. The van der Waals surface area contributed by atoms with E-state index in [2.05, 4.69) is 37.6 Å². The maximum atomic E-state index is 13.0. The average Bonchev–Trinajstić information content (AvgIpc) is 3.30. The molecule has 1 amide bonds. The van der Waals surface area contributed by atoms with Gasteiger partial charge in [0.25, 0.3) is 0 Å². The van der Waals surface area contributed by atoms with Crippen LogP contribution in [0.4, 0.5) is 17.3 Å². The summed E-state index contributed by atoms with van der Waals surface area (Å²) < 4.78 is 6.08. The van der Waals surface area contributed by atoms with Gasteiger partial charge in [0.2, 0.25) is 5.91 Å². The molecule has 0 saturated carbocycles. The first-order valence-electron chi connectivity index (χ1n) is 12.2. The molecule has 1 atom stereocenters. The molecular formula is C28H26ClN5O2. The summed E-state index contributed by atoms with van der Waals surface area (Å²) in [5.41, 5.74) is 1.69. The number of ether oxygens (including phenoxy) is 1. The first-order chi connectivity index (χ1) is 17.6. The Morgan fingerprint density at radius 3 is 2.64 bits per heavy atom. The third-order valence-electron chi connectivity index (χ3n) is 6.85. The zero-order chi connectivity index (χ0) is 24.5. The van der Waals surface area contributed by atoms with Crippen LogP contribution in [-0.4, -0.2) is 35.5 Å². The monoisotopic (exact) mass is 499 g/mol. The van der Waals surface area contributed by atoms with Crippen LogP contribution in [0.1, 0.15) is 23.8 Å². The average molecular weight is 500 g/mol. The van der Waals surface area contributed by atoms with Crippen molar-refractivity contribution in [3.05, 3.63) is 78.6 Å². The Bertz CT molecular complexity index is 1420. The van der Waals surface area contributed by atoms with Crippen molar-refractivity contribution < 1.29 is 9.53 Å². The van der Waals surface area contributed by atoms with Crippen LogP contribution in [0.15, 0.2) is 73.1 Å². The van der Waals surface area contributed by atoms with Crippen LogP contribution in [0.25, 0.3) is 10.8 Å². The number of alkyl halides is 1. The van der Waals surface area contributed by atoms with Gasteiger partial charge in [0.1, 0.15) is 29.5 Å². The number of nitrogens with one attached hydrogen (secondary N) is 2. The third-order valence-corrected chi connectivity index (χ3v) is 7.22. The summed E-state index contributed by atoms with van der Waals surface area (Å²) in [6.07, 6.45) is 3.07. The van der Waals surface area contributed by atoms with Crippen molar-refractivity contribution in [2.24, 2.45) is 5.92 Å². The summed E-state index contributed by atoms with van der Waals surface area (Å²) in [6, 6.07) is 21.7. The molecule has 1 fully saturated rings. The molecule has 7 nitrogen and oxygen atoms in total. The number of hydrogen-bond donors (Lipinski definition) is 2. The van der Waals surface area contributed by atoms with Crippen LogP contribution in [-0.2, 0) is 4.79 Å². The number of carbonyl (C=O) groups excluding carboxylic acids is 1. The number of rotatable bonds is 5. The highest BCUT2D eigenvalue weighted by Gasteiger charge is 2.31. The van der Waals surface area contributed by atoms with E-state index < -0.39 is 0 Å². The molecule has 6 rings (SSSR count). The van der Waals surface area contributed by atoms with E-state index in [1.165, 1.54) is 5.39 Å². The summed E-state index contributed by atoms with van der Waals surface area (Å²) >= 11 is 6.48. The van der Waals surface area contributed by atoms with Gasteiger partial charge >= 0.3 is 0 Å². The van der Waals surface area contributed by atoms with E-state index in [9.17, 15) is 4.79 Å². The summed E-state index contributed by atoms with van der Waals surface area (Å²) in [5.74, 6) is 3.09. The lowest BCUT2D eigenvalue weighted by Gasteiger charge is -2.33. The van der Waals surface area contributed by atoms with Crippen molar-refractivity contribution in [1.82, 2.24) is 9.97 Å². The number of piperidine rings is 1. The number of aromatic nitrogens is 2. The second-order valence-corrected chi connectivity index (χ2v) is 9.72. The predicted octanol–water partition coefficient (Wildman–Crippen LogP) is 5.98. The van der Waals surface area contributed by atoms with Gasteiger partial charge in [-0.3, -0.25) is 4.79 Å². The second-order valence-electron chi connectivity index (χ2n) is 9.20. The van der Waals surface area contributed by atoms with E-state index >= 15 is 0 Å².